The largest absolute Gasteiger partial charge is 0.480 e. The molecule has 92 valence electrons. The Morgan fingerprint density at radius 2 is 2.06 bits per heavy atom. The predicted octanol–water partition coefficient (Wildman–Crippen LogP) is 0.443. The van der Waals surface area contributed by atoms with Crippen LogP contribution in [0.2, 0.25) is 0 Å². The third-order valence-corrected chi connectivity index (χ3v) is 5.32. The van der Waals surface area contributed by atoms with Gasteiger partial charge in [-0.05, 0) is 31.6 Å². The Hall–Kier alpha value is -0.620. The topological polar surface area (TPSA) is 80.7 Å². The Labute approximate surface area is 94.7 Å². The molecule has 1 saturated heterocycles. The summed E-state index contributed by atoms with van der Waals surface area (Å²) in [6.07, 6.45) is 2.70. The number of carboxylic acid groups (broad SMARTS) is 1. The van der Waals surface area contributed by atoms with Gasteiger partial charge >= 0.3 is 5.97 Å². The molecule has 2 fully saturated rings. The van der Waals surface area contributed by atoms with Crippen molar-refractivity contribution in [2.45, 2.75) is 37.0 Å². The molecule has 1 aliphatic carbocycles. The summed E-state index contributed by atoms with van der Waals surface area (Å²) in [7, 11) is -3.57. The van der Waals surface area contributed by atoms with E-state index in [1.54, 1.807) is 0 Å². The first-order valence-electron chi connectivity index (χ1n) is 5.56. The van der Waals surface area contributed by atoms with Gasteiger partial charge in [-0.25, -0.2) is 8.42 Å². The molecule has 0 radical (unpaired) electrons. The van der Waals surface area contributed by atoms with E-state index in [-0.39, 0.29) is 17.8 Å². The van der Waals surface area contributed by atoms with E-state index in [2.05, 4.69) is 0 Å². The Kier molecular flexibility index (Phi) is 3.21. The second-order valence-electron chi connectivity index (χ2n) is 4.56. The molecule has 16 heavy (non-hydrogen) atoms. The van der Waals surface area contributed by atoms with Gasteiger partial charge in [0.25, 0.3) is 0 Å². The molecule has 0 aromatic carbocycles. The molecule has 2 rings (SSSR count). The molecular weight excluding hydrogens is 232 g/mol. The monoisotopic (exact) mass is 248 g/mol. The van der Waals surface area contributed by atoms with Crippen LogP contribution >= 0.6 is 0 Å². The lowest BCUT2D eigenvalue weighted by molar-refractivity contribution is -0.136. The zero-order chi connectivity index (χ0) is 11.8. The number of hydrogen-bond donors (Lipinski definition) is 1. The maximum atomic E-state index is 11.9. The normalized spacial score (nSPS) is 27.9. The van der Waals surface area contributed by atoms with Crippen LogP contribution < -0.4 is 0 Å². The fourth-order valence-corrected chi connectivity index (χ4v) is 4.34. The van der Waals surface area contributed by atoms with Gasteiger partial charge in [0.15, 0.2) is 15.1 Å². The maximum Gasteiger partial charge on any atom is 0.322 e. The summed E-state index contributed by atoms with van der Waals surface area (Å²) < 4.78 is 29.1. The molecule has 0 amide bonds. The van der Waals surface area contributed by atoms with Crippen molar-refractivity contribution in [3.8, 4) is 0 Å². The number of hydrogen-bond acceptors (Lipinski definition) is 4. The highest BCUT2D eigenvalue weighted by atomic mass is 32.2. The van der Waals surface area contributed by atoms with Crippen molar-refractivity contribution in [2.24, 2.45) is 5.92 Å². The first-order valence-corrected chi connectivity index (χ1v) is 7.28. The second kappa shape index (κ2) is 4.33. The molecule has 0 aromatic heterocycles. The van der Waals surface area contributed by atoms with Gasteiger partial charge in [0.05, 0.1) is 11.9 Å². The lowest BCUT2D eigenvalue weighted by Crippen LogP contribution is -2.37. The van der Waals surface area contributed by atoms with E-state index in [4.69, 9.17) is 9.84 Å². The summed E-state index contributed by atoms with van der Waals surface area (Å²) in [5.74, 6) is -1.52. The van der Waals surface area contributed by atoms with Crippen LogP contribution in [0.5, 0.6) is 0 Å². The van der Waals surface area contributed by atoms with E-state index in [0.717, 1.165) is 12.8 Å². The van der Waals surface area contributed by atoms with Crippen molar-refractivity contribution in [2.75, 3.05) is 12.4 Å². The zero-order valence-corrected chi connectivity index (χ0v) is 9.78. The van der Waals surface area contributed by atoms with E-state index in [1.807, 2.05) is 0 Å². The first kappa shape index (κ1) is 11.9. The van der Waals surface area contributed by atoms with E-state index in [0.29, 0.717) is 19.4 Å². The molecule has 1 N–H and O–H groups in total. The highest BCUT2D eigenvalue weighted by Crippen LogP contribution is 2.37. The van der Waals surface area contributed by atoms with Gasteiger partial charge in [-0.3, -0.25) is 4.79 Å². The van der Waals surface area contributed by atoms with Crippen molar-refractivity contribution in [3.63, 3.8) is 0 Å². The minimum absolute atomic E-state index is 0.138. The highest BCUT2D eigenvalue weighted by Gasteiger charge is 2.46. The number of rotatable bonds is 5. The van der Waals surface area contributed by atoms with Gasteiger partial charge in [0, 0.05) is 6.61 Å². The number of carboxylic acids is 1. The Balaban J connectivity index is 2.06. The lowest BCUT2D eigenvalue weighted by Gasteiger charge is -2.15. The Morgan fingerprint density at radius 3 is 2.50 bits per heavy atom. The van der Waals surface area contributed by atoms with Crippen LogP contribution in [-0.2, 0) is 19.4 Å². The fraction of sp³-hybridized carbons (Fsp3) is 0.900. The van der Waals surface area contributed by atoms with Crippen molar-refractivity contribution in [3.05, 3.63) is 0 Å². The molecule has 2 unspecified atom stereocenters. The molecule has 1 aliphatic heterocycles. The summed E-state index contributed by atoms with van der Waals surface area (Å²) in [6, 6.07) is 0. The maximum absolute atomic E-state index is 11.9. The first-order chi connectivity index (χ1) is 7.50. The van der Waals surface area contributed by atoms with Gasteiger partial charge in [-0.1, -0.05) is 0 Å². The summed E-state index contributed by atoms with van der Waals surface area (Å²) in [4.78, 5) is 11.0. The summed E-state index contributed by atoms with van der Waals surface area (Å²) in [5, 5.41) is 7.76. The number of carbonyl (C=O) groups is 1. The Bertz CT molecular complexity index is 365. The standard InChI is InChI=1S/C10H16O5S/c11-10(12)9(7-3-4-7)16(13,14)6-8-2-1-5-15-8/h7-9H,1-6H2,(H,11,12). The molecule has 1 heterocycles. The Morgan fingerprint density at radius 1 is 1.38 bits per heavy atom. The van der Waals surface area contributed by atoms with E-state index < -0.39 is 21.1 Å². The molecule has 0 spiro atoms. The van der Waals surface area contributed by atoms with Crippen molar-refractivity contribution >= 4 is 15.8 Å². The van der Waals surface area contributed by atoms with Crippen molar-refractivity contribution in [1.82, 2.24) is 0 Å². The summed E-state index contributed by atoms with van der Waals surface area (Å²) >= 11 is 0. The average molecular weight is 248 g/mol. The van der Waals surface area contributed by atoms with E-state index >= 15 is 0 Å². The fourth-order valence-electron chi connectivity index (χ4n) is 2.19. The van der Waals surface area contributed by atoms with Gasteiger partial charge in [-0.15, -0.1) is 0 Å². The molecule has 5 nitrogen and oxygen atoms in total. The van der Waals surface area contributed by atoms with Gasteiger partial charge in [-0.2, -0.15) is 0 Å². The second-order valence-corrected chi connectivity index (χ2v) is 6.73. The molecule has 6 heteroatoms. The van der Waals surface area contributed by atoms with Gasteiger partial charge in [0.2, 0.25) is 0 Å². The predicted molar refractivity (Wildman–Crippen MR) is 56.9 cm³/mol. The van der Waals surface area contributed by atoms with Crippen LogP contribution in [-0.4, -0.2) is 43.2 Å². The quantitative estimate of drug-likeness (QED) is 0.763. The summed E-state index contributed by atoms with van der Waals surface area (Å²) in [5.41, 5.74) is 0. The minimum atomic E-state index is -3.57. The van der Waals surface area contributed by atoms with Crippen LogP contribution in [0.15, 0.2) is 0 Å². The summed E-state index contributed by atoms with van der Waals surface area (Å²) in [6.45, 7) is 0.585. The van der Waals surface area contributed by atoms with Gasteiger partial charge in [0.1, 0.15) is 0 Å². The van der Waals surface area contributed by atoms with Crippen LogP contribution in [0, 0.1) is 5.92 Å². The van der Waals surface area contributed by atoms with Crippen LogP contribution in [0.3, 0.4) is 0 Å². The molecule has 0 bridgehead atoms. The van der Waals surface area contributed by atoms with Crippen LogP contribution in [0.25, 0.3) is 0 Å². The highest BCUT2D eigenvalue weighted by molar-refractivity contribution is 7.92. The zero-order valence-electron chi connectivity index (χ0n) is 8.96. The van der Waals surface area contributed by atoms with E-state index in [9.17, 15) is 13.2 Å². The lowest BCUT2D eigenvalue weighted by atomic mass is 10.3. The number of sulfone groups is 1. The number of aliphatic carboxylic acids is 1. The van der Waals surface area contributed by atoms with E-state index in [1.165, 1.54) is 0 Å². The average Bonchev–Trinajstić information content (AvgIpc) is 2.82. The third kappa shape index (κ3) is 2.55. The van der Waals surface area contributed by atoms with Crippen LogP contribution in [0.4, 0.5) is 0 Å². The third-order valence-electron chi connectivity index (χ3n) is 3.12. The SMILES string of the molecule is O=C(O)C(C1CC1)S(=O)(=O)CC1CCCO1. The molecule has 0 aromatic rings. The number of ether oxygens (including phenoxy) is 1. The van der Waals surface area contributed by atoms with Crippen LogP contribution in [0.1, 0.15) is 25.7 Å². The smallest absolute Gasteiger partial charge is 0.322 e. The van der Waals surface area contributed by atoms with Crippen molar-refractivity contribution < 1.29 is 23.1 Å². The molecule has 2 atom stereocenters. The molecule has 2 aliphatic rings. The van der Waals surface area contributed by atoms with Gasteiger partial charge < -0.3 is 9.84 Å². The molecule has 1 saturated carbocycles. The minimum Gasteiger partial charge on any atom is -0.480 e. The molecular formula is C10H16O5S. The van der Waals surface area contributed by atoms with Crippen molar-refractivity contribution in [1.29, 1.82) is 0 Å².